The highest BCUT2D eigenvalue weighted by atomic mass is 35.5. The van der Waals surface area contributed by atoms with Gasteiger partial charge in [0.1, 0.15) is 11.6 Å². The molecule has 0 unspecified atom stereocenters. The molecule has 0 bridgehead atoms. The van der Waals surface area contributed by atoms with Gasteiger partial charge in [-0.15, -0.1) is 0 Å². The van der Waals surface area contributed by atoms with E-state index in [1.54, 1.807) is 18.5 Å². The van der Waals surface area contributed by atoms with Crippen LogP contribution in [-0.2, 0) is 17.6 Å². The summed E-state index contributed by atoms with van der Waals surface area (Å²) < 4.78 is 19.1. The van der Waals surface area contributed by atoms with E-state index in [1.807, 2.05) is 19.1 Å². The molecule has 1 aliphatic rings. The average molecular weight is 512 g/mol. The molecule has 0 atom stereocenters. The van der Waals surface area contributed by atoms with Gasteiger partial charge in [-0.2, -0.15) is 0 Å². The number of hydrogen-bond acceptors (Lipinski definition) is 5. The van der Waals surface area contributed by atoms with Crippen LogP contribution in [0.4, 0.5) is 10.1 Å². The van der Waals surface area contributed by atoms with Crippen molar-refractivity contribution in [2.45, 2.75) is 46.5 Å². The molecule has 1 N–H and O–H groups in total. The fourth-order valence-corrected chi connectivity index (χ4v) is 4.77. The zero-order chi connectivity index (χ0) is 25.9. The Balaban J connectivity index is 1.56. The van der Waals surface area contributed by atoms with Crippen LogP contribution >= 0.6 is 11.6 Å². The molecular weight excluding hydrogens is 481 g/mol. The number of hydrogen-bond donors (Lipinski definition) is 1. The zero-order valence-electron chi connectivity index (χ0n) is 20.9. The topological polar surface area (TPSA) is 75.6 Å². The van der Waals surface area contributed by atoms with Gasteiger partial charge in [0, 0.05) is 47.6 Å². The van der Waals surface area contributed by atoms with Crippen LogP contribution in [-0.4, -0.2) is 40.7 Å². The lowest BCUT2D eigenvalue weighted by atomic mass is 9.82. The van der Waals surface area contributed by atoms with Gasteiger partial charge in [-0.25, -0.2) is 4.39 Å². The summed E-state index contributed by atoms with van der Waals surface area (Å²) in [6.45, 7) is 8.47. The molecule has 0 spiro atoms. The second kappa shape index (κ2) is 10.8. The van der Waals surface area contributed by atoms with Gasteiger partial charge >= 0.3 is 5.97 Å². The molecule has 6 nitrogen and oxygen atoms in total. The average Bonchev–Trinajstić information content (AvgIpc) is 2.82. The maximum atomic E-state index is 13.2. The first kappa shape index (κ1) is 25.9. The number of piperidine rings is 1. The van der Waals surface area contributed by atoms with Crippen LogP contribution in [0.1, 0.15) is 43.5 Å². The minimum atomic E-state index is -0.881. The highest BCUT2D eigenvalue weighted by molar-refractivity contribution is 6.31. The van der Waals surface area contributed by atoms with Crippen molar-refractivity contribution in [1.82, 2.24) is 9.97 Å². The number of nitrogens with zero attached hydrogens (tertiary/aromatic N) is 3. The smallest absolute Gasteiger partial charge is 0.307 e. The van der Waals surface area contributed by atoms with Gasteiger partial charge in [0.25, 0.3) is 0 Å². The van der Waals surface area contributed by atoms with Crippen molar-refractivity contribution in [3.8, 4) is 17.0 Å². The number of pyridine rings is 2. The van der Waals surface area contributed by atoms with Gasteiger partial charge in [-0.1, -0.05) is 31.5 Å². The van der Waals surface area contributed by atoms with Crippen LogP contribution in [0, 0.1) is 18.2 Å². The number of halogens is 2. The molecular formula is C28H31ClFN3O3. The molecule has 3 aromatic rings. The van der Waals surface area contributed by atoms with Crippen LogP contribution in [0.2, 0.25) is 5.02 Å². The summed E-state index contributed by atoms with van der Waals surface area (Å²) in [7, 11) is 0. The van der Waals surface area contributed by atoms with Gasteiger partial charge in [-0.3, -0.25) is 14.8 Å². The third kappa shape index (κ3) is 6.13. The maximum absolute atomic E-state index is 13.2. The molecule has 3 heterocycles. The summed E-state index contributed by atoms with van der Waals surface area (Å²) in [6, 6.07) is 8.04. The van der Waals surface area contributed by atoms with Gasteiger partial charge in [0.2, 0.25) is 0 Å². The van der Waals surface area contributed by atoms with Gasteiger partial charge in [0.05, 0.1) is 30.6 Å². The minimum absolute atomic E-state index is 0.0883. The normalized spacial score (nSPS) is 15.1. The van der Waals surface area contributed by atoms with Crippen LogP contribution in [0.5, 0.6) is 5.75 Å². The van der Waals surface area contributed by atoms with Crippen LogP contribution in [0.3, 0.4) is 0 Å². The van der Waals surface area contributed by atoms with E-state index in [0.29, 0.717) is 29.5 Å². The van der Waals surface area contributed by atoms with E-state index in [1.165, 1.54) is 12.1 Å². The fraction of sp³-hybridized carbons (Fsp3) is 0.393. The Labute approximate surface area is 216 Å². The first-order valence-corrected chi connectivity index (χ1v) is 12.5. The summed E-state index contributed by atoms with van der Waals surface area (Å²) in [5.74, 6) is -0.646. The molecule has 0 radical (unpaired) electrons. The molecule has 1 aromatic carbocycles. The number of carboxylic acid groups (broad SMARTS) is 1. The molecule has 36 heavy (non-hydrogen) atoms. The predicted octanol–water partition coefficient (Wildman–Crippen LogP) is 6.12. The summed E-state index contributed by atoms with van der Waals surface area (Å²) >= 11 is 6.10. The number of benzene rings is 1. The monoisotopic (exact) mass is 511 g/mol. The Morgan fingerprint density at radius 3 is 2.56 bits per heavy atom. The summed E-state index contributed by atoms with van der Waals surface area (Å²) in [6.07, 6.45) is 5.94. The van der Waals surface area contributed by atoms with Crippen molar-refractivity contribution >= 4 is 23.3 Å². The molecule has 0 aliphatic carbocycles. The van der Waals surface area contributed by atoms with E-state index in [9.17, 15) is 14.3 Å². The molecule has 2 aromatic heterocycles. The van der Waals surface area contributed by atoms with Gasteiger partial charge in [-0.05, 0) is 55.0 Å². The molecule has 1 saturated heterocycles. The first-order valence-electron chi connectivity index (χ1n) is 12.1. The number of carbonyl (C=O) groups is 1. The quantitative estimate of drug-likeness (QED) is 0.392. The predicted molar refractivity (Wildman–Crippen MR) is 139 cm³/mol. The van der Waals surface area contributed by atoms with E-state index < -0.39 is 5.97 Å². The third-order valence-corrected chi connectivity index (χ3v) is 7.15. The van der Waals surface area contributed by atoms with E-state index in [2.05, 4.69) is 28.7 Å². The van der Waals surface area contributed by atoms with Crippen molar-refractivity contribution < 1.29 is 19.0 Å². The van der Waals surface area contributed by atoms with Crippen molar-refractivity contribution in [3.63, 3.8) is 0 Å². The molecule has 4 rings (SSSR count). The summed E-state index contributed by atoms with van der Waals surface area (Å²) in [4.78, 5) is 23.1. The van der Waals surface area contributed by atoms with Gasteiger partial charge < -0.3 is 14.7 Å². The molecule has 1 aliphatic heterocycles. The molecule has 190 valence electrons. The number of aromatic nitrogens is 2. The first-order chi connectivity index (χ1) is 17.1. The van der Waals surface area contributed by atoms with Crippen molar-refractivity contribution in [2.24, 2.45) is 5.41 Å². The lowest BCUT2D eigenvalue weighted by molar-refractivity contribution is -0.136. The van der Waals surface area contributed by atoms with Crippen molar-refractivity contribution in [3.05, 3.63) is 70.4 Å². The number of rotatable bonds is 8. The summed E-state index contributed by atoms with van der Waals surface area (Å²) in [5, 5.41) is 9.96. The second-order valence-corrected chi connectivity index (χ2v) is 10.4. The van der Waals surface area contributed by atoms with Crippen LogP contribution in [0.15, 0.2) is 42.7 Å². The van der Waals surface area contributed by atoms with Gasteiger partial charge in [0.15, 0.2) is 0 Å². The fourth-order valence-electron chi connectivity index (χ4n) is 4.51. The minimum Gasteiger partial charge on any atom is -0.492 e. The van der Waals surface area contributed by atoms with E-state index >= 15 is 0 Å². The SMILES string of the molecule is Cc1ncc(-c2ccc(OCCc3ccc(F)cc3Cl)cn2)c(N2CCC(C)(C)CC2)c1CC(=O)O. The third-order valence-electron chi connectivity index (χ3n) is 6.79. The number of carboxylic acids is 1. The Bertz CT molecular complexity index is 1240. The van der Waals surface area contributed by atoms with E-state index in [4.69, 9.17) is 16.3 Å². The lowest BCUT2D eigenvalue weighted by Crippen LogP contribution is -2.38. The standard InChI is InChI=1S/C28H31ClFN3O3/c1-18-22(15-26(34)35)27(33-11-9-28(2,3)10-12-33)23(17-31-18)25-7-6-21(16-32-25)36-13-8-19-4-5-20(30)14-24(19)29/h4-7,14,16-17H,8-13,15H2,1-3H3,(H,34,35). The largest absolute Gasteiger partial charge is 0.492 e. The number of aliphatic carboxylic acids is 1. The highest BCUT2D eigenvalue weighted by Crippen LogP contribution is 2.39. The van der Waals surface area contributed by atoms with Crippen LogP contribution in [0.25, 0.3) is 11.3 Å². The van der Waals surface area contributed by atoms with Crippen molar-refractivity contribution in [1.29, 1.82) is 0 Å². The highest BCUT2D eigenvalue weighted by Gasteiger charge is 2.29. The number of ether oxygens (including phenoxy) is 1. The summed E-state index contributed by atoms with van der Waals surface area (Å²) in [5.41, 5.74) is 4.98. The van der Waals surface area contributed by atoms with Crippen LogP contribution < -0.4 is 9.64 Å². The molecule has 1 fully saturated rings. The number of aryl methyl sites for hydroxylation is 1. The Morgan fingerprint density at radius 2 is 1.92 bits per heavy atom. The Kier molecular flexibility index (Phi) is 7.79. The number of anilines is 1. The second-order valence-electron chi connectivity index (χ2n) is 10.0. The van der Waals surface area contributed by atoms with E-state index in [0.717, 1.165) is 54.0 Å². The lowest BCUT2D eigenvalue weighted by Gasteiger charge is -2.40. The molecule has 0 saturated carbocycles. The zero-order valence-corrected chi connectivity index (χ0v) is 21.6. The van der Waals surface area contributed by atoms with Crippen molar-refractivity contribution in [2.75, 3.05) is 24.6 Å². The Morgan fingerprint density at radius 1 is 1.17 bits per heavy atom. The molecule has 8 heteroatoms. The van der Waals surface area contributed by atoms with E-state index in [-0.39, 0.29) is 17.7 Å². The Hall–Kier alpha value is -3.19. The maximum Gasteiger partial charge on any atom is 0.307 e. The molecule has 0 amide bonds.